The van der Waals surface area contributed by atoms with Crippen LogP contribution in [0.5, 0.6) is 0 Å². The number of nitrogens with zero attached hydrogens (tertiary/aromatic N) is 2. The van der Waals surface area contributed by atoms with Crippen LogP contribution in [-0.2, 0) is 19.1 Å². The summed E-state index contributed by atoms with van der Waals surface area (Å²) in [6.45, 7) is 7.05. The minimum Gasteiger partial charge on any atom is -0.673 e. The molecule has 2 aliphatic heterocycles. The van der Waals surface area contributed by atoms with E-state index in [2.05, 4.69) is 39.8 Å². The molecule has 4 N–H and O–H groups in total. The van der Waals surface area contributed by atoms with Crippen molar-refractivity contribution in [3.8, 4) is 0 Å². The zero-order valence-corrected chi connectivity index (χ0v) is 17.5. The van der Waals surface area contributed by atoms with Gasteiger partial charge in [-0.05, 0) is 62.5 Å². The molecule has 0 radical (unpaired) electrons. The van der Waals surface area contributed by atoms with Crippen molar-refractivity contribution in [2.75, 3.05) is 25.0 Å². The van der Waals surface area contributed by atoms with E-state index in [4.69, 9.17) is 5.73 Å². The molecule has 3 heterocycles. The first kappa shape index (κ1) is 23.4. The maximum Gasteiger partial charge on any atom is 0.419 e. The first-order valence-corrected chi connectivity index (χ1v) is 10.3. The third kappa shape index (κ3) is 6.11. The van der Waals surface area contributed by atoms with Gasteiger partial charge in [0, 0.05) is 25.3 Å². The summed E-state index contributed by atoms with van der Waals surface area (Å²) in [5.74, 6) is -0.775. The zero-order valence-electron chi connectivity index (χ0n) is 17.5. The van der Waals surface area contributed by atoms with Gasteiger partial charge in [-0.3, -0.25) is 0 Å². The third-order valence-corrected chi connectivity index (χ3v) is 5.18. The van der Waals surface area contributed by atoms with Crippen molar-refractivity contribution in [1.29, 1.82) is 0 Å². The Kier molecular flexibility index (Phi) is 7.45. The predicted octanol–water partition coefficient (Wildman–Crippen LogP) is 3.89. The molecule has 1 fully saturated rings. The van der Waals surface area contributed by atoms with Gasteiger partial charge in [-0.25, -0.2) is 14.4 Å². The van der Waals surface area contributed by atoms with Crippen molar-refractivity contribution < 1.29 is 17.6 Å². The fraction of sp³-hybridized carbons (Fsp3) is 0.524. The molecule has 170 valence electrons. The highest BCUT2D eigenvalue weighted by Crippen LogP contribution is 2.34. The van der Waals surface area contributed by atoms with Crippen molar-refractivity contribution in [3.05, 3.63) is 58.3 Å². The Labute approximate surface area is 179 Å². The van der Waals surface area contributed by atoms with Crippen molar-refractivity contribution in [2.45, 2.75) is 51.0 Å². The van der Waals surface area contributed by atoms with Crippen LogP contribution >= 0.6 is 0 Å². The minimum atomic E-state index is -4.67. The third-order valence-electron chi connectivity index (χ3n) is 5.18. The summed E-state index contributed by atoms with van der Waals surface area (Å²) in [4.78, 5) is 8.75. The number of rotatable bonds is 3. The summed E-state index contributed by atoms with van der Waals surface area (Å²) in [6.07, 6.45) is -1.69. The molecule has 0 bridgehead atoms. The molecular weight excluding hydrogens is 412 g/mol. The predicted molar refractivity (Wildman–Crippen MR) is 111 cm³/mol. The van der Waals surface area contributed by atoms with Crippen molar-refractivity contribution in [1.82, 2.24) is 20.6 Å². The van der Waals surface area contributed by atoms with Gasteiger partial charge in [-0.1, -0.05) is 6.07 Å². The van der Waals surface area contributed by atoms with Gasteiger partial charge in [-0.2, -0.15) is 13.2 Å². The molecular formula is C21H27F4N6-. The molecule has 1 saturated heterocycles. The lowest BCUT2D eigenvalue weighted by atomic mass is 9.94. The number of nitrogens with one attached hydrogen (secondary N) is 4. The van der Waals surface area contributed by atoms with Crippen LogP contribution in [0.2, 0.25) is 0 Å². The van der Waals surface area contributed by atoms with Gasteiger partial charge in [-0.15, -0.1) is 6.04 Å². The second kappa shape index (κ2) is 9.88. The van der Waals surface area contributed by atoms with Gasteiger partial charge < -0.3 is 21.7 Å². The molecule has 2 atom stereocenters. The van der Waals surface area contributed by atoms with E-state index in [9.17, 15) is 17.6 Å². The molecule has 4 rings (SSSR count). The van der Waals surface area contributed by atoms with Gasteiger partial charge in [0.25, 0.3) is 0 Å². The number of hydrogen-bond acceptors (Lipinski definition) is 5. The standard InChI is InChI=1S/C11H11F4N2.C10H16N4/c12-9-3-6(7-4-17-5-10(7)16)1-2-8(9)11(13,14)15;1-7(2)13-10-12-5-8-3-4-11-6-9(8)14-10/h1-3,7,10,16-17H,4-5H2;5,7,11H,3-4,6H2,1-2H3,(H,12,13,14)/q-1;/t7-,10+;/m0./s1. The van der Waals surface area contributed by atoms with Crippen LogP contribution in [0.4, 0.5) is 23.5 Å². The maximum absolute atomic E-state index is 13.3. The molecule has 1 aromatic carbocycles. The first-order valence-electron chi connectivity index (χ1n) is 10.3. The Morgan fingerprint density at radius 1 is 1.19 bits per heavy atom. The first-order chi connectivity index (χ1) is 14.6. The van der Waals surface area contributed by atoms with Crippen LogP contribution in [-0.4, -0.2) is 41.7 Å². The Morgan fingerprint density at radius 2 is 1.97 bits per heavy atom. The molecule has 0 amide bonds. The summed E-state index contributed by atoms with van der Waals surface area (Å²) in [6, 6.07) is 2.83. The van der Waals surface area contributed by atoms with Crippen LogP contribution in [0, 0.1) is 5.82 Å². The highest BCUT2D eigenvalue weighted by Gasteiger charge is 2.34. The summed E-state index contributed by atoms with van der Waals surface area (Å²) in [5, 5.41) is 9.46. The number of hydrogen-bond donors (Lipinski definition) is 3. The Morgan fingerprint density at radius 3 is 2.58 bits per heavy atom. The molecule has 10 heteroatoms. The average Bonchev–Trinajstić information content (AvgIpc) is 3.13. The van der Waals surface area contributed by atoms with E-state index < -0.39 is 23.6 Å². The lowest BCUT2D eigenvalue weighted by Gasteiger charge is -2.22. The van der Waals surface area contributed by atoms with E-state index >= 15 is 0 Å². The highest BCUT2D eigenvalue weighted by molar-refractivity contribution is 5.32. The van der Waals surface area contributed by atoms with Gasteiger partial charge in [0.05, 0.1) is 11.3 Å². The smallest absolute Gasteiger partial charge is 0.419 e. The topological polar surface area (TPSA) is 85.7 Å². The van der Waals surface area contributed by atoms with E-state index in [1.54, 1.807) is 0 Å². The van der Waals surface area contributed by atoms with Gasteiger partial charge >= 0.3 is 6.18 Å². The van der Waals surface area contributed by atoms with Gasteiger partial charge in [0.2, 0.25) is 5.95 Å². The molecule has 0 saturated carbocycles. The van der Waals surface area contributed by atoms with E-state index in [1.807, 2.05) is 6.20 Å². The molecule has 2 aromatic rings. The second-order valence-electron chi connectivity index (χ2n) is 8.00. The zero-order chi connectivity index (χ0) is 22.6. The number of alkyl halides is 3. The summed E-state index contributed by atoms with van der Waals surface area (Å²) >= 11 is 0. The number of halogens is 4. The van der Waals surface area contributed by atoms with Crippen LogP contribution in [0.1, 0.15) is 42.1 Å². The number of benzene rings is 1. The fourth-order valence-corrected chi connectivity index (χ4v) is 3.58. The molecule has 31 heavy (non-hydrogen) atoms. The SMILES string of the molecule is CC(C)Nc1ncc2c(n1)CNCC2.[NH-][C@@H]1CNC[C@H]1c1ccc(C(F)(F)F)c(F)c1. The minimum absolute atomic E-state index is 0.244. The van der Waals surface area contributed by atoms with Crippen LogP contribution in [0.25, 0.3) is 5.73 Å². The monoisotopic (exact) mass is 439 g/mol. The van der Waals surface area contributed by atoms with Crippen LogP contribution in [0.3, 0.4) is 0 Å². The maximum atomic E-state index is 13.3. The summed E-state index contributed by atoms with van der Waals surface area (Å²) in [5.41, 5.74) is 9.27. The van der Waals surface area contributed by atoms with Crippen molar-refractivity contribution in [2.24, 2.45) is 0 Å². The lowest BCUT2D eigenvalue weighted by Crippen LogP contribution is -2.25. The Hall–Kier alpha value is -2.30. The van der Waals surface area contributed by atoms with E-state index in [1.165, 1.54) is 11.6 Å². The average molecular weight is 439 g/mol. The largest absolute Gasteiger partial charge is 0.673 e. The molecule has 6 nitrogen and oxygen atoms in total. The van der Waals surface area contributed by atoms with Crippen molar-refractivity contribution >= 4 is 5.95 Å². The lowest BCUT2D eigenvalue weighted by molar-refractivity contribution is -0.140. The number of fused-ring (bicyclic) bond motifs is 1. The second-order valence-corrected chi connectivity index (χ2v) is 8.00. The molecule has 1 aromatic heterocycles. The van der Waals surface area contributed by atoms with E-state index in [-0.39, 0.29) is 5.92 Å². The highest BCUT2D eigenvalue weighted by atomic mass is 19.4. The molecule has 2 aliphatic rings. The molecule has 0 spiro atoms. The van der Waals surface area contributed by atoms with E-state index in [0.717, 1.165) is 43.3 Å². The Bertz CT molecular complexity index is 887. The number of anilines is 1. The fourth-order valence-electron chi connectivity index (χ4n) is 3.58. The van der Waals surface area contributed by atoms with Crippen LogP contribution < -0.4 is 16.0 Å². The summed E-state index contributed by atoms with van der Waals surface area (Å²) in [7, 11) is 0. The van der Waals surface area contributed by atoms with Crippen LogP contribution in [0.15, 0.2) is 24.4 Å². The molecule has 0 aliphatic carbocycles. The van der Waals surface area contributed by atoms with Gasteiger partial charge in [0.15, 0.2) is 0 Å². The number of aromatic nitrogens is 2. The van der Waals surface area contributed by atoms with Crippen molar-refractivity contribution in [3.63, 3.8) is 0 Å². The Balaban J connectivity index is 0.000000179. The molecule has 0 unspecified atom stereocenters. The van der Waals surface area contributed by atoms with E-state index in [0.29, 0.717) is 24.7 Å². The normalized spacial score (nSPS) is 20.8. The summed E-state index contributed by atoms with van der Waals surface area (Å²) < 4.78 is 50.4. The quantitative estimate of drug-likeness (QED) is 0.632. The van der Waals surface area contributed by atoms with Gasteiger partial charge in [0.1, 0.15) is 5.82 Å².